The van der Waals surface area contributed by atoms with Crippen LogP contribution in [-0.4, -0.2) is 12.6 Å². The molecular formula is C43H70O3. The second-order valence-corrected chi connectivity index (χ2v) is 13.7. The Labute approximate surface area is 284 Å². The predicted molar refractivity (Wildman–Crippen MR) is 198 cm³/mol. The van der Waals surface area contributed by atoms with Gasteiger partial charge in [-0.05, 0) is 67.5 Å². The van der Waals surface area contributed by atoms with Crippen molar-refractivity contribution in [2.75, 3.05) is 6.61 Å². The first kappa shape index (κ1) is 40.0. The first-order valence-corrected chi connectivity index (χ1v) is 19.6. The zero-order valence-corrected chi connectivity index (χ0v) is 30.5. The molecule has 0 saturated carbocycles. The minimum atomic E-state index is -0.313. The number of benzene rings is 2. The third-order valence-electron chi connectivity index (χ3n) is 9.59. The number of esters is 1. The van der Waals surface area contributed by atoms with Crippen molar-refractivity contribution in [3.8, 4) is 5.75 Å². The van der Waals surface area contributed by atoms with Crippen molar-refractivity contribution in [2.45, 2.75) is 187 Å². The SMILES string of the molecule is CCCCCCCCCCCCCCCCOC(C)c1ccc(C(=O)Oc2ccc(C(CCC)CCCCCCCC)cc2)cc1. The average Bonchev–Trinajstić information content (AvgIpc) is 3.08. The van der Waals surface area contributed by atoms with Gasteiger partial charge in [-0.25, -0.2) is 4.79 Å². The summed E-state index contributed by atoms with van der Waals surface area (Å²) in [5, 5.41) is 0. The molecule has 46 heavy (non-hydrogen) atoms. The number of unbranched alkanes of at least 4 members (excludes halogenated alkanes) is 18. The van der Waals surface area contributed by atoms with Crippen LogP contribution in [-0.2, 0) is 4.74 Å². The molecule has 0 saturated heterocycles. The minimum Gasteiger partial charge on any atom is -0.423 e. The molecule has 0 spiro atoms. The van der Waals surface area contributed by atoms with Crippen molar-refractivity contribution in [1.29, 1.82) is 0 Å². The molecule has 0 aromatic heterocycles. The summed E-state index contributed by atoms with van der Waals surface area (Å²) >= 11 is 0. The van der Waals surface area contributed by atoms with E-state index in [4.69, 9.17) is 9.47 Å². The normalized spacial score (nSPS) is 12.7. The molecule has 0 aliphatic heterocycles. The van der Waals surface area contributed by atoms with Crippen molar-refractivity contribution >= 4 is 5.97 Å². The molecule has 2 unspecified atom stereocenters. The molecule has 0 aliphatic carbocycles. The van der Waals surface area contributed by atoms with Gasteiger partial charge in [-0.1, -0.05) is 173 Å². The molecule has 0 amide bonds. The molecule has 3 nitrogen and oxygen atoms in total. The summed E-state index contributed by atoms with van der Waals surface area (Å²) in [5.41, 5.74) is 3.03. The Bertz CT molecular complexity index is 980. The van der Waals surface area contributed by atoms with Gasteiger partial charge in [0.1, 0.15) is 5.75 Å². The van der Waals surface area contributed by atoms with E-state index in [0.717, 1.165) is 18.6 Å². The monoisotopic (exact) mass is 635 g/mol. The Kier molecular flexibility index (Phi) is 23.4. The van der Waals surface area contributed by atoms with Crippen LogP contribution in [0.5, 0.6) is 5.75 Å². The maximum atomic E-state index is 12.8. The van der Waals surface area contributed by atoms with Gasteiger partial charge in [0, 0.05) is 6.61 Å². The highest BCUT2D eigenvalue weighted by atomic mass is 16.5. The Balaban J connectivity index is 1.61. The topological polar surface area (TPSA) is 35.5 Å². The van der Waals surface area contributed by atoms with E-state index in [9.17, 15) is 4.79 Å². The number of ether oxygens (including phenoxy) is 2. The fraction of sp³-hybridized carbons (Fsp3) is 0.698. The smallest absolute Gasteiger partial charge is 0.343 e. The molecule has 260 valence electrons. The lowest BCUT2D eigenvalue weighted by Crippen LogP contribution is -2.09. The number of hydrogen-bond donors (Lipinski definition) is 0. The minimum absolute atomic E-state index is 0.0204. The van der Waals surface area contributed by atoms with Gasteiger partial charge in [0.15, 0.2) is 0 Å². The van der Waals surface area contributed by atoms with Gasteiger partial charge in [-0.15, -0.1) is 0 Å². The van der Waals surface area contributed by atoms with Gasteiger partial charge in [-0.2, -0.15) is 0 Å². The maximum Gasteiger partial charge on any atom is 0.343 e. The summed E-state index contributed by atoms with van der Waals surface area (Å²) in [4.78, 5) is 12.8. The summed E-state index contributed by atoms with van der Waals surface area (Å²) in [6.45, 7) is 9.71. The van der Waals surface area contributed by atoms with Gasteiger partial charge in [0.05, 0.1) is 11.7 Å². The van der Waals surface area contributed by atoms with E-state index in [1.165, 1.54) is 147 Å². The molecule has 2 aromatic rings. The molecule has 0 heterocycles. The van der Waals surface area contributed by atoms with E-state index in [1.54, 1.807) is 0 Å². The molecule has 0 fully saturated rings. The van der Waals surface area contributed by atoms with Crippen LogP contribution in [0.15, 0.2) is 48.5 Å². The first-order valence-electron chi connectivity index (χ1n) is 19.6. The van der Waals surface area contributed by atoms with E-state index >= 15 is 0 Å². The van der Waals surface area contributed by atoms with Gasteiger partial charge in [0.2, 0.25) is 0 Å². The van der Waals surface area contributed by atoms with Crippen LogP contribution in [0.3, 0.4) is 0 Å². The quantitative estimate of drug-likeness (QED) is 0.0507. The van der Waals surface area contributed by atoms with E-state index in [2.05, 4.69) is 39.8 Å². The second-order valence-electron chi connectivity index (χ2n) is 13.7. The molecule has 0 aliphatic rings. The van der Waals surface area contributed by atoms with Gasteiger partial charge in [0.25, 0.3) is 0 Å². The zero-order valence-electron chi connectivity index (χ0n) is 30.5. The van der Waals surface area contributed by atoms with Crippen LogP contribution in [0, 0.1) is 0 Å². The molecule has 2 atom stereocenters. The van der Waals surface area contributed by atoms with E-state index in [1.807, 2.05) is 36.4 Å². The lowest BCUT2D eigenvalue weighted by Gasteiger charge is -2.17. The molecule has 2 rings (SSSR count). The number of carbonyl (C=O) groups excluding carboxylic acids is 1. The van der Waals surface area contributed by atoms with Crippen molar-refractivity contribution in [1.82, 2.24) is 0 Å². The Morgan fingerprint density at radius 3 is 1.48 bits per heavy atom. The average molecular weight is 635 g/mol. The summed E-state index contributed by atoms with van der Waals surface area (Å²) < 4.78 is 11.8. The highest BCUT2D eigenvalue weighted by Crippen LogP contribution is 2.29. The van der Waals surface area contributed by atoms with E-state index < -0.39 is 0 Å². The fourth-order valence-electron chi connectivity index (χ4n) is 6.51. The third-order valence-corrected chi connectivity index (χ3v) is 9.59. The Morgan fingerprint density at radius 1 is 0.522 bits per heavy atom. The summed E-state index contributed by atoms with van der Waals surface area (Å²) in [5.74, 6) is 0.886. The summed E-state index contributed by atoms with van der Waals surface area (Å²) in [6, 6.07) is 15.9. The van der Waals surface area contributed by atoms with Crippen LogP contribution in [0.25, 0.3) is 0 Å². The standard InChI is InChI=1S/C43H70O3/c1-5-8-10-12-14-15-16-17-18-19-20-21-23-25-36-45-37(4)38-28-30-41(31-29-38)43(44)46-42-34-32-40(33-35-42)39(26-7-3)27-24-22-13-11-9-6-2/h28-35,37,39H,5-27,36H2,1-4H3. The van der Waals surface area contributed by atoms with Crippen LogP contribution in [0.2, 0.25) is 0 Å². The predicted octanol–water partition coefficient (Wildman–Crippen LogP) is 14.1. The highest BCUT2D eigenvalue weighted by Gasteiger charge is 2.14. The second kappa shape index (κ2) is 26.9. The van der Waals surface area contributed by atoms with Gasteiger partial charge in [-0.3, -0.25) is 0 Å². The lowest BCUT2D eigenvalue weighted by atomic mass is 9.89. The van der Waals surface area contributed by atoms with Gasteiger partial charge < -0.3 is 9.47 Å². The number of carbonyl (C=O) groups is 1. The van der Waals surface area contributed by atoms with Crippen LogP contribution >= 0.6 is 0 Å². The summed E-state index contributed by atoms with van der Waals surface area (Å²) in [7, 11) is 0. The van der Waals surface area contributed by atoms with Crippen LogP contribution < -0.4 is 4.74 Å². The fourth-order valence-corrected chi connectivity index (χ4v) is 6.51. The van der Waals surface area contributed by atoms with E-state index in [0.29, 0.717) is 17.2 Å². The highest BCUT2D eigenvalue weighted by molar-refractivity contribution is 5.91. The largest absolute Gasteiger partial charge is 0.423 e. The zero-order chi connectivity index (χ0) is 33.1. The molecule has 0 radical (unpaired) electrons. The summed E-state index contributed by atoms with van der Waals surface area (Å²) in [6.07, 6.45) is 30.8. The first-order chi connectivity index (χ1) is 22.6. The third kappa shape index (κ3) is 18.3. The van der Waals surface area contributed by atoms with E-state index in [-0.39, 0.29) is 12.1 Å². The van der Waals surface area contributed by atoms with Crippen LogP contribution in [0.4, 0.5) is 0 Å². The maximum absolute atomic E-state index is 12.8. The lowest BCUT2D eigenvalue weighted by molar-refractivity contribution is 0.0626. The van der Waals surface area contributed by atoms with Crippen molar-refractivity contribution in [2.24, 2.45) is 0 Å². The molecule has 0 N–H and O–H groups in total. The Morgan fingerprint density at radius 2 is 0.978 bits per heavy atom. The molecular weight excluding hydrogens is 564 g/mol. The number of rotatable bonds is 29. The molecule has 2 aromatic carbocycles. The Hall–Kier alpha value is -2.13. The van der Waals surface area contributed by atoms with Gasteiger partial charge >= 0.3 is 5.97 Å². The van der Waals surface area contributed by atoms with Crippen LogP contribution in [0.1, 0.15) is 209 Å². The molecule has 3 heteroatoms. The van der Waals surface area contributed by atoms with Crippen molar-refractivity contribution in [3.05, 3.63) is 65.2 Å². The van der Waals surface area contributed by atoms with Crippen molar-refractivity contribution < 1.29 is 14.3 Å². The van der Waals surface area contributed by atoms with Crippen molar-refractivity contribution in [3.63, 3.8) is 0 Å². The molecule has 0 bridgehead atoms. The number of hydrogen-bond acceptors (Lipinski definition) is 3.